The van der Waals surface area contributed by atoms with Crippen LogP contribution in [0.5, 0.6) is 11.5 Å². The fraction of sp³-hybridized carbons (Fsp3) is 0.250. The van der Waals surface area contributed by atoms with Gasteiger partial charge in [0.05, 0.1) is 24.9 Å². The topological polar surface area (TPSA) is 119 Å². The van der Waals surface area contributed by atoms with Crippen molar-refractivity contribution < 1.29 is 14.7 Å². The summed E-state index contributed by atoms with van der Waals surface area (Å²) in [5.74, 6) is 1.31. The van der Waals surface area contributed by atoms with E-state index in [1.54, 1.807) is 32.4 Å². The van der Waals surface area contributed by atoms with Crippen LogP contribution in [0, 0.1) is 10.8 Å². The molecule has 0 aliphatic rings. The van der Waals surface area contributed by atoms with E-state index in [2.05, 4.69) is 5.10 Å². The van der Waals surface area contributed by atoms with Gasteiger partial charge in [-0.05, 0) is 61.9 Å². The van der Waals surface area contributed by atoms with Gasteiger partial charge in [-0.15, -0.1) is 0 Å². The molecule has 0 unspecified atom stereocenters. The highest BCUT2D eigenvalue weighted by atomic mass is 35.5. The lowest BCUT2D eigenvalue weighted by molar-refractivity contribution is 0.353. The first kappa shape index (κ1) is 24.1. The Balaban J connectivity index is 1.95. The van der Waals surface area contributed by atoms with Crippen LogP contribution in [0.1, 0.15) is 5.56 Å². The zero-order valence-corrected chi connectivity index (χ0v) is 20.3. The standard InChI is InChI=1S/C20H23ClN6O3S2/c1-26(2)32-17-10-16(30-4)15(29-3)7-11(17)8-18(22)27-20(23)31-19(24-27)13-6-5-12(25-28)9-14(13)21/h5-7,9-10,22-23,25,28H,8H2,1-4H3. The minimum atomic E-state index is 0.104. The first-order valence-corrected chi connectivity index (χ1v) is 11.3. The molecule has 0 spiro atoms. The molecule has 3 aromatic rings. The number of anilines is 1. The zero-order chi connectivity index (χ0) is 23.4. The Bertz CT molecular complexity index is 1190. The average molecular weight is 495 g/mol. The highest BCUT2D eigenvalue weighted by Gasteiger charge is 2.18. The lowest BCUT2D eigenvalue weighted by Gasteiger charge is -2.17. The molecule has 32 heavy (non-hydrogen) atoms. The molecule has 0 radical (unpaired) electrons. The van der Waals surface area contributed by atoms with Gasteiger partial charge in [0.1, 0.15) is 10.8 Å². The predicted octanol–water partition coefficient (Wildman–Crippen LogP) is 4.20. The molecule has 0 atom stereocenters. The van der Waals surface area contributed by atoms with E-state index in [0.29, 0.717) is 32.8 Å². The van der Waals surface area contributed by atoms with E-state index in [4.69, 9.17) is 37.1 Å². The predicted molar refractivity (Wildman–Crippen MR) is 128 cm³/mol. The van der Waals surface area contributed by atoms with Gasteiger partial charge in [-0.1, -0.05) is 22.9 Å². The van der Waals surface area contributed by atoms with Crippen molar-refractivity contribution in [3.05, 3.63) is 45.7 Å². The van der Waals surface area contributed by atoms with Gasteiger partial charge in [0.2, 0.25) is 4.80 Å². The lowest BCUT2D eigenvalue weighted by atomic mass is 10.1. The number of nitrogens with one attached hydrogen (secondary N) is 3. The van der Waals surface area contributed by atoms with Crippen LogP contribution in [0.2, 0.25) is 5.02 Å². The van der Waals surface area contributed by atoms with Crippen molar-refractivity contribution in [1.29, 1.82) is 10.8 Å². The SMILES string of the molecule is COc1cc(CC(=N)n2nc(-c3ccc(NO)cc3Cl)sc2=N)c(SN(C)C)cc1OC. The van der Waals surface area contributed by atoms with Crippen LogP contribution in [0.15, 0.2) is 35.2 Å². The maximum atomic E-state index is 9.03. The van der Waals surface area contributed by atoms with Crippen LogP contribution >= 0.6 is 34.9 Å². The van der Waals surface area contributed by atoms with Crippen molar-refractivity contribution in [3.8, 4) is 22.1 Å². The molecule has 170 valence electrons. The molecule has 0 aliphatic carbocycles. The van der Waals surface area contributed by atoms with Crippen molar-refractivity contribution >= 4 is 46.4 Å². The second-order valence-corrected chi connectivity index (χ2v) is 9.51. The molecule has 0 saturated heterocycles. The molecule has 0 aliphatic heterocycles. The second kappa shape index (κ2) is 10.4. The summed E-state index contributed by atoms with van der Waals surface area (Å²) >= 11 is 8.92. The van der Waals surface area contributed by atoms with E-state index in [9.17, 15) is 0 Å². The van der Waals surface area contributed by atoms with Gasteiger partial charge in [0.25, 0.3) is 0 Å². The molecule has 0 saturated carbocycles. The second-order valence-electron chi connectivity index (χ2n) is 6.77. The van der Waals surface area contributed by atoms with Crippen molar-refractivity contribution in [2.75, 3.05) is 33.8 Å². The fourth-order valence-corrected chi connectivity index (χ4v) is 4.88. The highest BCUT2D eigenvalue weighted by molar-refractivity contribution is 7.97. The monoisotopic (exact) mass is 494 g/mol. The van der Waals surface area contributed by atoms with E-state index in [1.165, 1.54) is 16.6 Å². The Morgan fingerprint density at radius 2 is 1.94 bits per heavy atom. The molecular formula is C20H23ClN6O3S2. The molecule has 12 heteroatoms. The number of rotatable bonds is 8. The Labute approximate surface area is 198 Å². The number of benzene rings is 2. The van der Waals surface area contributed by atoms with E-state index in [-0.39, 0.29) is 17.1 Å². The maximum Gasteiger partial charge on any atom is 0.206 e. The third kappa shape index (κ3) is 5.25. The summed E-state index contributed by atoms with van der Waals surface area (Å²) in [5, 5.41) is 31.3. The van der Waals surface area contributed by atoms with Gasteiger partial charge in [0.15, 0.2) is 11.5 Å². The van der Waals surface area contributed by atoms with Gasteiger partial charge in [-0.3, -0.25) is 25.8 Å². The molecule has 1 heterocycles. The highest BCUT2D eigenvalue weighted by Crippen LogP contribution is 2.36. The van der Waals surface area contributed by atoms with Crippen LogP contribution in [0.4, 0.5) is 5.69 Å². The van der Waals surface area contributed by atoms with E-state index in [1.807, 2.05) is 36.0 Å². The Morgan fingerprint density at radius 3 is 2.53 bits per heavy atom. The number of aromatic nitrogens is 2. The van der Waals surface area contributed by atoms with Gasteiger partial charge in [-0.2, -0.15) is 9.78 Å². The summed E-state index contributed by atoms with van der Waals surface area (Å²) in [6, 6.07) is 8.63. The summed E-state index contributed by atoms with van der Waals surface area (Å²) in [6.07, 6.45) is 0.233. The van der Waals surface area contributed by atoms with Gasteiger partial charge in [0, 0.05) is 16.9 Å². The smallest absolute Gasteiger partial charge is 0.206 e. The lowest BCUT2D eigenvalue weighted by Crippen LogP contribution is -2.25. The van der Waals surface area contributed by atoms with Crippen molar-refractivity contribution in [2.24, 2.45) is 0 Å². The number of halogens is 1. The molecule has 2 aromatic carbocycles. The van der Waals surface area contributed by atoms with Crippen molar-refractivity contribution in [3.63, 3.8) is 0 Å². The number of hydrogen-bond acceptors (Lipinski definition) is 10. The molecule has 0 bridgehead atoms. The van der Waals surface area contributed by atoms with E-state index >= 15 is 0 Å². The third-order valence-corrected chi connectivity index (χ3v) is 6.48. The van der Waals surface area contributed by atoms with Crippen LogP contribution in [-0.2, 0) is 6.42 Å². The van der Waals surface area contributed by atoms with Gasteiger partial charge >= 0.3 is 0 Å². The first-order chi connectivity index (χ1) is 15.3. The van der Waals surface area contributed by atoms with Crippen molar-refractivity contribution in [1.82, 2.24) is 14.1 Å². The van der Waals surface area contributed by atoms with Crippen LogP contribution < -0.4 is 19.8 Å². The molecule has 4 N–H and O–H groups in total. The largest absolute Gasteiger partial charge is 0.493 e. The summed E-state index contributed by atoms with van der Waals surface area (Å²) in [6.45, 7) is 0. The number of ether oxygens (including phenoxy) is 2. The number of nitrogens with zero attached hydrogens (tertiary/aromatic N) is 3. The maximum absolute atomic E-state index is 9.03. The zero-order valence-electron chi connectivity index (χ0n) is 17.9. The molecular weight excluding hydrogens is 472 g/mol. The van der Waals surface area contributed by atoms with E-state index in [0.717, 1.165) is 21.8 Å². The Morgan fingerprint density at radius 1 is 1.25 bits per heavy atom. The fourth-order valence-electron chi connectivity index (χ4n) is 2.92. The summed E-state index contributed by atoms with van der Waals surface area (Å²) in [5.41, 5.74) is 3.96. The number of methoxy groups -OCH3 is 2. The molecule has 0 amide bonds. The minimum Gasteiger partial charge on any atom is -0.493 e. The average Bonchev–Trinajstić information content (AvgIpc) is 3.15. The third-order valence-electron chi connectivity index (χ3n) is 4.37. The first-order valence-electron chi connectivity index (χ1n) is 9.30. The molecule has 0 fully saturated rings. The quantitative estimate of drug-likeness (QED) is 0.160. The summed E-state index contributed by atoms with van der Waals surface area (Å²) in [7, 11) is 7.01. The Kier molecular flexibility index (Phi) is 7.80. The van der Waals surface area contributed by atoms with Crippen molar-refractivity contribution in [2.45, 2.75) is 11.3 Å². The molecule has 9 nitrogen and oxygen atoms in total. The number of hydrogen-bond donors (Lipinski definition) is 4. The molecule has 1 aromatic heterocycles. The van der Waals surface area contributed by atoms with E-state index < -0.39 is 0 Å². The van der Waals surface area contributed by atoms with Crippen LogP contribution in [0.25, 0.3) is 10.6 Å². The Hall–Kier alpha value is -2.57. The van der Waals surface area contributed by atoms with Gasteiger partial charge < -0.3 is 9.47 Å². The summed E-state index contributed by atoms with van der Waals surface area (Å²) < 4.78 is 14.1. The molecule has 3 rings (SSSR count). The normalized spacial score (nSPS) is 11.0. The van der Waals surface area contributed by atoms with Crippen LogP contribution in [0.3, 0.4) is 0 Å². The minimum absolute atomic E-state index is 0.104. The van der Waals surface area contributed by atoms with Gasteiger partial charge in [-0.25, -0.2) is 0 Å². The van der Waals surface area contributed by atoms with Crippen LogP contribution in [-0.4, -0.2) is 53.4 Å². The summed E-state index contributed by atoms with van der Waals surface area (Å²) in [4.78, 5) is 1.02.